The number of nitriles is 1. The smallest absolute Gasteiger partial charge is 0.309 e. The number of fused-ring (bicyclic) bond motifs is 3. The molecular formula is C25H14F3N3. The maximum Gasteiger partial charge on any atom is 0.418 e. The minimum atomic E-state index is -4.52. The molecule has 0 fully saturated rings. The lowest BCUT2D eigenvalue weighted by atomic mass is 10.0. The highest BCUT2D eigenvalue weighted by atomic mass is 19.4. The molecule has 0 aliphatic rings. The van der Waals surface area contributed by atoms with Crippen LogP contribution in [-0.4, -0.2) is 9.55 Å². The van der Waals surface area contributed by atoms with Gasteiger partial charge in [-0.15, -0.1) is 0 Å². The molecule has 0 saturated carbocycles. The number of aromatic nitrogens is 2. The normalized spacial score (nSPS) is 11.7. The third-order valence-electron chi connectivity index (χ3n) is 5.32. The van der Waals surface area contributed by atoms with Crippen molar-refractivity contribution in [3.8, 4) is 22.9 Å². The number of benzene rings is 3. The Morgan fingerprint density at radius 2 is 1.55 bits per heavy atom. The van der Waals surface area contributed by atoms with Crippen LogP contribution >= 0.6 is 0 Å². The van der Waals surface area contributed by atoms with Crippen LogP contribution in [0.25, 0.3) is 38.6 Å². The Bertz CT molecular complexity index is 1480. The zero-order valence-electron chi connectivity index (χ0n) is 16.1. The van der Waals surface area contributed by atoms with Crippen molar-refractivity contribution in [2.75, 3.05) is 0 Å². The van der Waals surface area contributed by atoms with E-state index in [1.54, 1.807) is 71.6 Å². The average molecular weight is 413 g/mol. The van der Waals surface area contributed by atoms with Crippen molar-refractivity contribution in [1.82, 2.24) is 9.55 Å². The fraction of sp³-hybridized carbons (Fsp3) is 0.0400. The van der Waals surface area contributed by atoms with Crippen LogP contribution in [0.1, 0.15) is 11.1 Å². The molecule has 5 rings (SSSR count). The second-order valence-electron chi connectivity index (χ2n) is 7.17. The van der Waals surface area contributed by atoms with Crippen molar-refractivity contribution >= 4 is 21.8 Å². The molecule has 0 radical (unpaired) electrons. The third kappa shape index (κ3) is 3.11. The molecule has 31 heavy (non-hydrogen) atoms. The van der Waals surface area contributed by atoms with Crippen molar-refractivity contribution in [2.24, 2.45) is 0 Å². The largest absolute Gasteiger partial charge is 0.418 e. The molecular weight excluding hydrogens is 399 g/mol. The molecule has 2 heterocycles. The number of alkyl halides is 3. The standard InChI is InChI=1S/C25H14F3N3/c26-25(27,28)22-6-3-5-21-20-4-1-2-7-23(20)31(24(21)22)19-13-16(15-29)12-18(14-19)17-8-10-30-11-9-17/h1-14H. The first-order valence-corrected chi connectivity index (χ1v) is 9.53. The van der Waals surface area contributed by atoms with E-state index in [0.29, 0.717) is 22.2 Å². The van der Waals surface area contributed by atoms with Gasteiger partial charge in [0.05, 0.1) is 28.2 Å². The van der Waals surface area contributed by atoms with Crippen LogP contribution in [0.2, 0.25) is 0 Å². The first kappa shape index (κ1) is 18.9. The number of hydrogen-bond donors (Lipinski definition) is 0. The third-order valence-corrected chi connectivity index (χ3v) is 5.32. The molecule has 0 unspecified atom stereocenters. The molecule has 0 bridgehead atoms. The molecule has 5 aromatic rings. The molecule has 0 aliphatic heterocycles. The Kier molecular flexibility index (Phi) is 4.26. The molecule has 150 valence electrons. The van der Waals surface area contributed by atoms with E-state index >= 15 is 0 Å². The van der Waals surface area contributed by atoms with Gasteiger partial charge in [0.1, 0.15) is 0 Å². The summed E-state index contributed by atoms with van der Waals surface area (Å²) in [5.41, 5.74) is 2.41. The molecule has 0 atom stereocenters. The van der Waals surface area contributed by atoms with Gasteiger partial charge in [-0.3, -0.25) is 4.98 Å². The molecule has 3 aromatic carbocycles. The van der Waals surface area contributed by atoms with E-state index in [0.717, 1.165) is 22.6 Å². The van der Waals surface area contributed by atoms with Gasteiger partial charge in [-0.25, -0.2) is 0 Å². The molecule has 6 heteroatoms. The van der Waals surface area contributed by atoms with Crippen molar-refractivity contribution < 1.29 is 13.2 Å². The fourth-order valence-corrected chi connectivity index (χ4v) is 4.03. The minimum absolute atomic E-state index is 0.0759. The molecule has 3 nitrogen and oxygen atoms in total. The van der Waals surface area contributed by atoms with Crippen LogP contribution in [0.4, 0.5) is 13.2 Å². The summed E-state index contributed by atoms with van der Waals surface area (Å²) in [5.74, 6) is 0. The van der Waals surface area contributed by atoms with Crippen LogP contribution in [0, 0.1) is 11.3 Å². The van der Waals surface area contributed by atoms with E-state index < -0.39 is 11.7 Å². The van der Waals surface area contributed by atoms with Crippen LogP contribution in [0.3, 0.4) is 0 Å². The van der Waals surface area contributed by atoms with Crippen LogP contribution in [0.5, 0.6) is 0 Å². The number of halogens is 3. The lowest BCUT2D eigenvalue weighted by Crippen LogP contribution is -2.08. The number of hydrogen-bond acceptors (Lipinski definition) is 2. The van der Waals surface area contributed by atoms with Crippen LogP contribution < -0.4 is 0 Å². The zero-order valence-corrected chi connectivity index (χ0v) is 16.1. The quantitative estimate of drug-likeness (QED) is 0.322. The Hall–Kier alpha value is -4.11. The summed E-state index contributed by atoms with van der Waals surface area (Å²) in [6, 6.07) is 22.3. The predicted octanol–water partition coefficient (Wildman–Crippen LogP) is 6.74. The lowest BCUT2D eigenvalue weighted by molar-refractivity contribution is -0.136. The molecule has 0 N–H and O–H groups in total. The Morgan fingerprint density at radius 1 is 0.806 bits per heavy atom. The minimum Gasteiger partial charge on any atom is -0.309 e. The maximum atomic E-state index is 14.0. The van der Waals surface area contributed by atoms with E-state index in [9.17, 15) is 18.4 Å². The van der Waals surface area contributed by atoms with Gasteiger partial charge in [0, 0.05) is 28.9 Å². The Balaban J connectivity index is 1.92. The van der Waals surface area contributed by atoms with E-state index in [1.807, 2.05) is 6.07 Å². The van der Waals surface area contributed by atoms with Crippen LogP contribution in [-0.2, 0) is 6.18 Å². The first-order chi connectivity index (χ1) is 15.0. The van der Waals surface area contributed by atoms with E-state index in [4.69, 9.17) is 0 Å². The summed E-state index contributed by atoms with van der Waals surface area (Å²) in [6.45, 7) is 0. The van der Waals surface area contributed by atoms with Gasteiger partial charge in [-0.1, -0.05) is 30.3 Å². The van der Waals surface area contributed by atoms with E-state index in [-0.39, 0.29) is 5.52 Å². The number of pyridine rings is 1. The highest BCUT2D eigenvalue weighted by Gasteiger charge is 2.34. The fourth-order valence-electron chi connectivity index (χ4n) is 4.03. The molecule has 0 aliphatic carbocycles. The average Bonchev–Trinajstić information content (AvgIpc) is 3.13. The number of nitrogens with zero attached hydrogens (tertiary/aromatic N) is 3. The molecule has 0 saturated heterocycles. The van der Waals surface area contributed by atoms with Crippen molar-refractivity contribution in [3.05, 3.63) is 96.3 Å². The van der Waals surface area contributed by atoms with Crippen molar-refractivity contribution in [3.63, 3.8) is 0 Å². The van der Waals surface area contributed by atoms with Crippen LogP contribution in [0.15, 0.2) is 85.2 Å². The van der Waals surface area contributed by atoms with Gasteiger partial charge in [-0.05, 0) is 53.6 Å². The Morgan fingerprint density at radius 3 is 2.29 bits per heavy atom. The number of rotatable bonds is 2. The summed E-state index contributed by atoms with van der Waals surface area (Å²) >= 11 is 0. The van der Waals surface area contributed by atoms with Crippen molar-refractivity contribution in [2.45, 2.75) is 6.18 Å². The Labute approximate surface area is 175 Å². The van der Waals surface area contributed by atoms with Gasteiger partial charge in [-0.2, -0.15) is 18.4 Å². The maximum absolute atomic E-state index is 14.0. The van der Waals surface area contributed by atoms with Crippen molar-refractivity contribution in [1.29, 1.82) is 5.26 Å². The molecule has 2 aromatic heterocycles. The topological polar surface area (TPSA) is 41.6 Å². The highest BCUT2D eigenvalue weighted by molar-refractivity contribution is 6.10. The zero-order chi connectivity index (χ0) is 21.6. The second-order valence-corrected chi connectivity index (χ2v) is 7.17. The lowest BCUT2D eigenvalue weighted by Gasteiger charge is -2.15. The summed E-state index contributed by atoms with van der Waals surface area (Å²) in [5, 5.41) is 10.8. The van der Waals surface area contributed by atoms with Gasteiger partial charge < -0.3 is 4.57 Å². The summed E-state index contributed by atoms with van der Waals surface area (Å²) in [6.07, 6.45) is -1.25. The monoisotopic (exact) mass is 413 g/mol. The van der Waals surface area contributed by atoms with Gasteiger partial charge >= 0.3 is 6.18 Å². The van der Waals surface area contributed by atoms with Gasteiger partial charge in [0.25, 0.3) is 0 Å². The second kappa shape index (κ2) is 6.99. The van der Waals surface area contributed by atoms with Gasteiger partial charge in [0.15, 0.2) is 0 Å². The highest BCUT2D eigenvalue weighted by Crippen LogP contribution is 2.41. The summed E-state index contributed by atoms with van der Waals surface area (Å²) in [4.78, 5) is 4.01. The predicted molar refractivity (Wildman–Crippen MR) is 114 cm³/mol. The number of para-hydroxylation sites is 2. The SMILES string of the molecule is N#Cc1cc(-c2ccncc2)cc(-n2c3ccccc3c3cccc(C(F)(F)F)c32)c1. The van der Waals surface area contributed by atoms with E-state index in [1.165, 1.54) is 6.07 Å². The summed E-state index contributed by atoms with van der Waals surface area (Å²) in [7, 11) is 0. The summed E-state index contributed by atoms with van der Waals surface area (Å²) < 4.78 is 43.5. The first-order valence-electron chi connectivity index (χ1n) is 9.53. The van der Waals surface area contributed by atoms with Gasteiger partial charge in [0.2, 0.25) is 0 Å². The van der Waals surface area contributed by atoms with E-state index in [2.05, 4.69) is 11.1 Å². The molecule has 0 amide bonds. The molecule has 0 spiro atoms.